The number of ether oxygens (including phenoxy) is 1. The van der Waals surface area contributed by atoms with Crippen LogP contribution in [0.1, 0.15) is 12.0 Å². The van der Waals surface area contributed by atoms with Gasteiger partial charge in [-0.1, -0.05) is 29.8 Å². The zero-order valence-electron chi connectivity index (χ0n) is 11.1. The molecule has 0 aliphatic carbocycles. The molecule has 0 aliphatic heterocycles. The van der Waals surface area contributed by atoms with Gasteiger partial charge in [0.2, 0.25) is 5.88 Å². The summed E-state index contributed by atoms with van der Waals surface area (Å²) in [5, 5.41) is 4.13. The van der Waals surface area contributed by atoms with E-state index < -0.39 is 0 Å². The maximum Gasteiger partial charge on any atom is 0.213 e. The summed E-state index contributed by atoms with van der Waals surface area (Å²) in [4.78, 5) is 4.10. The third-order valence-corrected chi connectivity index (χ3v) is 2.88. The number of hydrogen-bond acceptors (Lipinski definition) is 3. The first-order chi connectivity index (χ1) is 9.34. The van der Waals surface area contributed by atoms with Gasteiger partial charge in [-0.3, -0.25) is 0 Å². The van der Waals surface area contributed by atoms with E-state index in [0.717, 1.165) is 24.5 Å². The van der Waals surface area contributed by atoms with E-state index in [1.807, 2.05) is 42.5 Å². The van der Waals surface area contributed by atoms with Crippen LogP contribution in [0.4, 0.5) is 0 Å². The van der Waals surface area contributed by atoms with Gasteiger partial charge in [-0.05, 0) is 36.7 Å². The minimum atomic E-state index is 0. The third-order valence-electron chi connectivity index (χ3n) is 2.63. The van der Waals surface area contributed by atoms with Gasteiger partial charge in [-0.25, -0.2) is 4.98 Å². The highest BCUT2D eigenvalue weighted by Crippen LogP contribution is 2.09. The number of hydrogen-bond donors (Lipinski definition) is 1. The first-order valence-corrected chi connectivity index (χ1v) is 6.71. The molecule has 0 atom stereocenters. The molecule has 0 fully saturated rings. The van der Waals surface area contributed by atoms with Gasteiger partial charge in [0.05, 0.1) is 6.61 Å². The zero-order chi connectivity index (χ0) is 13.3. The standard InChI is InChI=1S/C15H17ClN2O.ClH/c16-14-7-5-13(6-8-14)12-17-9-3-11-19-15-4-1-2-10-18-15;/h1-2,4-8,10,17H,3,9,11-12H2;1H. The van der Waals surface area contributed by atoms with Crippen molar-refractivity contribution >= 4 is 24.0 Å². The summed E-state index contributed by atoms with van der Waals surface area (Å²) in [6, 6.07) is 13.5. The lowest BCUT2D eigenvalue weighted by Gasteiger charge is -2.06. The summed E-state index contributed by atoms with van der Waals surface area (Å²) in [5.41, 5.74) is 1.23. The van der Waals surface area contributed by atoms with Gasteiger partial charge in [0.25, 0.3) is 0 Å². The van der Waals surface area contributed by atoms with Crippen LogP contribution in [0.25, 0.3) is 0 Å². The molecule has 0 saturated heterocycles. The van der Waals surface area contributed by atoms with E-state index >= 15 is 0 Å². The van der Waals surface area contributed by atoms with Gasteiger partial charge in [0, 0.05) is 23.8 Å². The highest BCUT2D eigenvalue weighted by atomic mass is 35.5. The largest absolute Gasteiger partial charge is 0.478 e. The second-order valence-corrected chi connectivity index (χ2v) is 4.61. The Morgan fingerprint density at radius 2 is 1.90 bits per heavy atom. The number of rotatable bonds is 7. The fourth-order valence-corrected chi connectivity index (χ4v) is 1.77. The van der Waals surface area contributed by atoms with Crippen molar-refractivity contribution in [2.45, 2.75) is 13.0 Å². The van der Waals surface area contributed by atoms with Crippen LogP contribution in [0.2, 0.25) is 5.02 Å². The predicted molar refractivity (Wildman–Crippen MR) is 84.8 cm³/mol. The number of benzene rings is 1. The second kappa shape index (κ2) is 9.59. The van der Waals surface area contributed by atoms with Crippen LogP contribution in [0.3, 0.4) is 0 Å². The maximum absolute atomic E-state index is 5.83. The quantitative estimate of drug-likeness (QED) is 0.791. The van der Waals surface area contributed by atoms with Crippen molar-refractivity contribution in [2.75, 3.05) is 13.2 Å². The van der Waals surface area contributed by atoms with Gasteiger partial charge in [-0.15, -0.1) is 12.4 Å². The van der Waals surface area contributed by atoms with Crippen LogP contribution in [0.15, 0.2) is 48.7 Å². The molecule has 2 aromatic rings. The fraction of sp³-hybridized carbons (Fsp3) is 0.267. The summed E-state index contributed by atoms with van der Waals surface area (Å²) in [7, 11) is 0. The Morgan fingerprint density at radius 3 is 2.60 bits per heavy atom. The number of pyridine rings is 1. The molecule has 108 valence electrons. The van der Waals surface area contributed by atoms with Crippen molar-refractivity contribution in [1.29, 1.82) is 0 Å². The Bertz CT molecular complexity index is 477. The Kier molecular flexibility index (Phi) is 8.04. The summed E-state index contributed by atoms with van der Waals surface area (Å²) < 4.78 is 5.51. The maximum atomic E-state index is 5.83. The zero-order valence-corrected chi connectivity index (χ0v) is 12.7. The average molecular weight is 313 g/mol. The first kappa shape index (κ1) is 16.8. The summed E-state index contributed by atoms with van der Waals surface area (Å²) >= 11 is 5.83. The minimum Gasteiger partial charge on any atom is -0.478 e. The van der Waals surface area contributed by atoms with E-state index in [4.69, 9.17) is 16.3 Å². The van der Waals surface area contributed by atoms with E-state index in [1.165, 1.54) is 5.56 Å². The van der Waals surface area contributed by atoms with Crippen molar-refractivity contribution in [3.63, 3.8) is 0 Å². The average Bonchev–Trinajstić information content (AvgIpc) is 2.46. The molecule has 2 rings (SSSR count). The second-order valence-electron chi connectivity index (χ2n) is 4.17. The van der Waals surface area contributed by atoms with E-state index in [-0.39, 0.29) is 12.4 Å². The van der Waals surface area contributed by atoms with E-state index in [0.29, 0.717) is 12.5 Å². The van der Waals surface area contributed by atoms with Crippen LogP contribution >= 0.6 is 24.0 Å². The minimum absolute atomic E-state index is 0. The van der Waals surface area contributed by atoms with E-state index in [1.54, 1.807) is 6.20 Å². The molecule has 1 N–H and O–H groups in total. The molecule has 0 spiro atoms. The lowest BCUT2D eigenvalue weighted by Crippen LogP contribution is -2.17. The Hall–Kier alpha value is -1.29. The summed E-state index contributed by atoms with van der Waals surface area (Å²) in [6.45, 7) is 2.43. The van der Waals surface area contributed by atoms with Gasteiger partial charge in [-0.2, -0.15) is 0 Å². The fourth-order valence-electron chi connectivity index (χ4n) is 1.64. The van der Waals surface area contributed by atoms with Crippen molar-refractivity contribution in [1.82, 2.24) is 10.3 Å². The lowest BCUT2D eigenvalue weighted by atomic mass is 10.2. The molecule has 0 radical (unpaired) electrons. The molecule has 1 aromatic heterocycles. The normalized spacial score (nSPS) is 9.85. The van der Waals surface area contributed by atoms with Crippen molar-refractivity contribution in [2.24, 2.45) is 0 Å². The van der Waals surface area contributed by atoms with Crippen LogP contribution < -0.4 is 10.1 Å². The Labute approximate surface area is 130 Å². The van der Waals surface area contributed by atoms with E-state index in [2.05, 4.69) is 10.3 Å². The number of aromatic nitrogens is 1. The molecule has 0 amide bonds. The van der Waals surface area contributed by atoms with Crippen molar-refractivity contribution in [3.05, 3.63) is 59.2 Å². The highest BCUT2D eigenvalue weighted by Gasteiger charge is 1.95. The molecular weight excluding hydrogens is 295 g/mol. The van der Waals surface area contributed by atoms with E-state index in [9.17, 15) is 0 Å². The highest BCUT2D eigenvalue weighted by molar-refractivity contribution is 6.30. The molecule has 1 heterocycles. The molecule has 0 bridgehead atoms. The van der Waals surface area contributed by atoms with Crippen molar-refractivity contribution in [3.8, 4) is 5.88 Å². The van der Waals surface area contributed by atoms with Gasteiger partial charge in [0.1, 0.15) is 0 Å². The van der Waals surface area contributed by atoms with Crippen molar-refractivity contribution < 1.29 is 4.74 Å². The van der Waals surface area contributed by atoms with Gasteiger partial charge >= 0.3 is 0 Å². The molecule has 3 nitrogen and oxygen atoms in total. The number of nitrogens with zero attached hydrogens (tertiary/aromatic N) is 1. The number of halogens is 2. The smallest absolute Gasteiger partial charge is 0.213 e. The Balaban J connectivity index is 0.00000200. The van der Waals surface area contributed by atoms with Gasteiger partial charge in [0.15, 0.2) is 0 Å². The first-order valence-electron chi connectivity index (χ1n) is 6.33. The monoisotopic (exact) mass is 312 g/mol. The molecule has 20 heavy (non-hydrogen) atoms. The molecular formula is C15H18Cl2N2O. The van der Waals surface area contributed by atoms with Crippen LogP contribution in [-0.4, -0.2) is 18.1 Å². The molecule has 0 aliphatic rings. The summed E-state index contributed by atoms with van der Waals surface area (Å²) in [6.07, 6.45) is 2.68. The van der Waals surface area contributed by atoms with Crippen LogP contribution in [0, 0.1) is 0 Å². The van der Waals surface area contributed by atoms with Crippen LogP contribution in [-0.2, 0) is 6.54 Å². The van der Waals surface area contributed by atoms with Crippen LogP contribution in [0.5, 0.6) is 5.88 Å². The predicted octanol–water partition coefficient (Wildman–Crippen LogP) is 3.72. The molecule has 0 unspecified atom stereocenters. The Morgan fingerprint density at radius 1 is 1.10 bits per heavy atom. The van der Waals surface area contributed by atoms with Gasteiger partial charge < -0.3 is 10.1 Å². The summed E-state index contributed by atoms with van der Waals surface area (Å²) in [5.74, 6) is 0.681. The molecule has 1 aromatic carbocycles. The number of nitrogens with one attached hydrogen (secondary N) is 1. The molecule has 0 saturated carbocycles. The SMILES string of the molecule is Cl.Clc1ccc(CNCCCOc2ccccn2)cc1. The topological polar surface area (TPSA) is 34.1 Å². The third kappa shape index (κ3) is 6.24. The molecule has 5 heteroatoms. The lowest BCUT2D eigenvalue weighted by molar-refractivity contribution is 0.296.